The smallest absolute Gasteiger partial charge is 0.237 e. The molecule has 144 valence electrons. The van der Waals surface area contributed by atoms with Crippen LogP contribution < -0.4 is 5.32 Å². The molecule has 0 unspecified atom stereocenters. The zero-order valence-electron chi connectivity index (χ0n) is 15.1. The lowest BCUT2D eigenvalue weighted by atomic mass is 10.3. The van der Waals surface area contributed by atoms with Crippen molar-refractivity contribution in [2.24, 2.45) is 0 Å². The average Bonchev–Trinajstić information content (AvgIpc) is 3.45. The van der Waals surface area contributed by atoms with E-state index < -0.39 is 16.9 Å². The second kappa shape index (κ2) is 7.71. The van der Waals surface area contributed by atoms with Crippen LogP contribution in [0.15, 0.2) is 53.7 Å². The lowest BCUT2D eigenvalue weighted by molar-refractivity contribution is -0.115. The number of para-hydroxylation sites is 1. The first-order valence-corrected chi connectivity index (χ1v) is 9.84. The number of amides is 1. The number of rotatable bonds is 6. The zero-order chi connectivity index (χ0) is 19.7. The third-order valence-electron chi connectivity index (χ3n) is 4.39. The summed E-state index contributed by atoms with van der Waals surface area (Å²) in [4.78, 5) is 17.0. The highest BCUT2D eigenvalue weighted by Crippen LogP contribution is 2.40. The SMILES string of the molecule is C[C@@H](Sc1nc(C2CC2)n(-c2ccccc2)n1)C(=O)Nc1ccc(F)c(F)c1. The average molecular weight is 400 g/mol. The Bertz CT molecular complexity index is 1000. The molecular weight excluding hydrogens is 382 g/mol. The van der Waals surface area contributed by atoms with Crippen molar-refractivity contribution in [1.29, 1.82) is 0 Å². The largest absolute Gasteiger partial charge is 0.325 e. The zero-order valence-corrected chi connectivity index (χ0v) is 15.9. The van der Waals surface area contributed by atoms with Gasteiger partial charge in [0.25, 0.3) is 0 Å². The molecule has 1 fully saturated rings. The maximum Gasteiger partial charge on any atom is 0.237 e. The quantitative estimate of drug-likeness (QED) is 0.617. The summed E-state index contributed by atoms with van der Waals surface area (Å²) in [6.07, 6.45) is 2.17. The van der Waals surface area contributed by atoms with E-state index in [2.05, 4.69) is 15.4 Å². The third-order valence-corrected chi connectivity index (χ3v) is 5.35. The maximum atomic E-state index is 13.3. The molecule has 0 saturated heterocycles. The molecule has 1 aliphatic carbocycles. The summed E-state index contributed by atoms with van der Waals surface area (Å²) in [5.41, 5.74) is 1.14. The van der Waals surface area contributed by atoms with Gasteiger partial charge >= 0.3 is 0 Å². The molecule has 1 aliphatic rings. The van der Waals surface area contributed by atoms with Crippen LogP contribution in [-0.4, -0.2) is 25.9 Å². The fourth-order valence-corrected chi connectivity index (χ4v) is 3.51. The minimum atomic E-state index is -1.00. The number of anilines is 1. The Labute approximate surface area is 165 Å². The molecule has 1 saturated carbocycles. The van der Waals surface area contributed by atoms with Gasteiger partial charge in [0, 0.05) is 17.7 Å². The van der Waals surface area contributed by atoms with E-state index >= 15 is 0 Å². The van der Waals surface area contributed by atoms with Gasteiger partial charge in [0.2, 0.25) is 11.1 Å². The number of thioether (sulfide) groups is 1. The number of aromatic nitrogens is 3. The molecule has 0 aliphatic heterocycles. The van der Waals surface area contributed by atoms with Crippen LogP contribution in [0.25, 0.3) is 5.69 Å². The first-order chi connectivity index (χ1) is 13.5. The molecule has 8 heteroatoms. The van der Waals surface area contributed by atoms with Crippen LogP contribution in [0.5, 0.6) is 0 Å². The van der Waals surface area contributed by atoms with Gasteiger partial charge in [-0.05, 0) is 44.0 Å². The number of carbonyl (C=O) groups excluding carboxylic acids is 1. The van der Waals surface area contributed by atoms with Crippen molar-refractivity contribution in [3.63, 3.8) is 0 Å². The van der Waals surface area contributed by atoms with E-state index in [0.717, 1.165) is 36.5 Å². The van der Waals surface area contributed by atoms with Crippen molar-refractivity contribution in [3.05, 3.63) is 66.0 Å². The van der Waals surface area contributed by atoms with Gasteiger partial charge in [0.1, 0.15) is 5.82 Å². The highest BCUT2D eigenvalue weighted by atomic mass is 32.2. The van der Waals surface area contributed by atoms with Gasteiger partial charge in [-0.1, -0.05) is 30.0 Å². The van der Waals surface area contributed by atoms with E-state index in [0.29, 0.717) is 11.1 Å². The first kappa shape index (κ1) is 18.6. The molecule has 1 heterocycles. The molecule has 1 N–H and O–H groups in total. The van der Waals surface area contributed by atoms with E-state index in [9.17, 15) is 13.6 Å². The van der Waals surface area contributed by atoms with E-state index in [-0.39, 0.29) is 11.6 Å². The van der Waals surface area contributed by atoms with Crippen LogP contribution in [0, 0.1) is 11.6 Å². The van der Waals surface area contributed by atoms with Crippen LogP contribution in [0.4, 0.5) is 14.5 Å². The minimum absolute atomic E-state index is 0.206. The number of nitrogens with one attached hydrogen (secondary N) is 1. The van der Waals surface area contributed by atoms with Gasteiger partial charge in [-0.2, -0.15) is 0 Å². The summed E-state index contributed by atoms with van der Waals surface area (Å²) in [5, 5.41) is 7.17. The van der Waals surface area contributed by atoms with Gasteiger partial charge in [0.15, 0.2) is 11.6 Å². The summed E-state index contributed by atoms with van der Waals surface area (Å²) < 4.78 is 28.2. The topological polar surface area (TPSA) is 59.8 Å². The van der Waals surface area contributed by atoms with Crippen molar-refractivity contribution in [2.45, 2.75) is 36.1 Å². The van der Waals surface area contributed by atoms with Crippen LogP contribution >= 0.6 is 11.8 Å². The Hall–Kier alpha value is -2.74. The summed E-state index contributed by atoms with van der Waals surface area (Å²) >= 11 is 1.23. The number of hydrogen-bond acceptors (Lipinski definition) is 4. The molecule has 28 heavy (non-hydrogen) atoms. The molecule has 0 spiro atoms. The molecule has 4 rings (SSSR count). The predicted molar refractivity (Wildman–Crippen MR) is 104 cm³/mol. The van der Waals surface area contributed by atoms with Gasteiger partial charge in [0.05, 0.1) is 10.9 Å². The molecule has 1 atom stereocenters. The Kier molecular flexibility index (Phi) is 5.13. The number of hydrogen-bond donors (Lipinski definition) is 1. The molecule has 5 nitrogen and oxygen atoms in total. The fraction of sp³-hybridized carbons (Fsp3) is 0.250. The van der Waals surface area contributed by atoms with Gasteiger partial charge in [-0.15, -0.1) is 5.10 Å². The summed E-state index contributed by atoms with van der Waals surface area (Å²) in [5.74, 6) is -0.991. The Morgan fingerprint density at radius 2 is 1.93 bits per heavy atom. The van der Waals surface area contributed by atoms with Crippen molar-refractivity contribution in [2.75, 3.05) is 5.32 Å². The second-order valence-electron chi connectivity index (χ2n) is 6.65. The van der Waals surface area contributed by atoms with Crippen LogP contribution in [-0.2, 0) is 4.79 Å². The second-order valence-corrected chi connectivity index (χ2v) is 7.96. The fourth-order valence-electron chi connectivity index (χ4n) is 2.75. The van der Waals surface area contributed by atoms with E-state index in [1.165, 1.54) is 17.8 Å². The van der Waals surface area contributed by atoms with Crippen LogP contribution in [0.2, 0.25) is 0 Å². The highest BCUT2D eigenvalue weighted by Gasteiger charge is 2.31. The standard InChI is InChI=1S/C20H18F2N4OS/c1-12(19(27)23-14-9-10-16(21)17(22)11-14)28-20-24-18(13-7-8-13)26(25-20)15-5-3-2-4-6-15/h2-6,9-13H,7-8H2,1H3,(H,23,27)/t12-/m1/s1. The molecular formula is C20H18F2N4OS. The highest BCUT2D eigenvalue weighted by molar-refractivity contribution is 8.00. The Morgan fingerprint density at radius 1 is 1.18 bits per heavy atom. The van der Waals surface area contributed by atoms with Crippen molar-refractivity contribution in [1.82, 2.24) is 14.8 Å². The minimum Gasteiger partial charge on any atom is -0.325 e. The molecule has 3 aromatic rings. The van der Waals surface area contributed by atoms with Crippen molar-refractivity contribution < 1.29 is 13.6 Å². The van der Waals surface area contributed by atoms with Crippen molar-refractivity contribution >= 4 is 23.4 Å². The van der Waals surface area contributed by atoms with Gasteiger partial charge < -0.3 is 5.32 Å². The predicted octanol–water partition coefficient (Wildman–Crippen LogP) is 4.54. The Morgan fingerprint density at radius 3 is 2.61 bits per heavy atom. The normalized spacial score (nSPS) is 14.7. The summed E-state index contributed by atoms with van der Waals surface area (Å²) in [6, 6.07) is 13.0. The lowest BCUT2D eigenvalue weighted by Gasteiger charge is -2.10. The maximum absolute atomic E-state index is 13.3. The van der Waals surface area contributed by atoms with Crippen LogP contribution in [0.1, 0.15) is 31.5 Å². The number of nitrogens with zero attached hydrogens (tertiary/aromatic N) is 3. The molecule has 1 aromatic heterocycles. The number of benzene rings is 2. The number of halogens is 2. The molecule has 0 radical (unpaired) electrons. The molecule has 1 amide bonds. The first-order valence-electron chi connectivity index (χ1n) is 8.96. The van der Waals surface area contributed by atoms with Crippen molar-refractivity contribution in [3.8, 4) is 5.69 Å². The third kappa shape index (κ3) is 4.06. The monoisotopic (exact) mass is 400 g/mol. The number of carbonyl (C=O) groups is 1. The van der Waals surface area contributed by atoms with E-state index in [4.69, 9.17) is 0 Å². The molecule has 2 aromatic carbocycles. The summed E-state index contributed by atoms with van der Waals surface area (Å²) in [6.45, 7) is 1.72. The van der Waals surface area contributed by atoms with E-state index in [1.54, 1.807) is 6.92 Å². The van der Waals surface area contributed by atoms with Gasteiger partial charge in [-0.3, -0.25) is 4.79 Å². The molecule has 0 bridgehead atoms. The van der Waals surface area contributed by atoms with Gasteiger partial charge in [-0.25, -0.2) is 18.4 Å². The van der Waals surface area contributed by atoms with E-state index in [1.807, 2.05) is 35.0 Å². The lowest BCUT2D eigenvalue weighted by Crippen LogP contribution is -2.22. The van der Waals surface area contributed by atoms with Crippen LogP contribution in [0.3, 0.4) is 0 Å². The summed E-state index contributed by atoms with van der Waals surface area (Å²) in [7, 11) is 0. The Balaban J connectivity index is 1.49.